The molecule has 0 saturated heterocycles. The molecule has 0 atom stereocenters. The smallest absolute Gasteiger partial charge is 0.229 e. The third-order valence-corrected chi connectivity index (χ3v) is 3.90. The molecule has 0 radical (unpaired) electrons. The summed E-state index contributed by atoms with van der Waals surface area (Å²) in [5, 5.41) is 17.8. The summed E-state index contributed by atoms with van der Waals surface area (Å²) in [5.74, 6) is 1.65. The van der Waals surface area contributed by atoms with E-state index in [1.165, 1.54) is 5.69 Å². The first-order valence-corrected chi connectivity index (χ1v) is 7.27. The fourth-order valence-corrected chi connectivity index (χ4v) is 2.75. The van der Waals surface area contributed by atoms with E-state index in [-0.39, 0.29) is 12.5 Å². The Morgan fingerprint density at radius 1 is 1.38 bits per heavy atom. The van der Waals surface area contributed by atoms with Crippen molar-refractivity contribution in [2.45, 2.75) is 45.9 Å². The number of aryl methyl sites for hydroxylation is 1. The van der Waals surface area contributed by atoms with E-state index in [0.717, 1.165) is 36.6 Å². The molecule has 1 N–H and O–H groups in total. The van der Waals surface area contributed by atoms with E-state index in [9.17, 15) is 5.11 Å². The van der Waals surface area contributed by atoms with E-state index in [4.69, 9.17) is 4.52 Å². The van der Waals surface area contributed by atoms with Gasteiger partial charge in [-0.1, -0.05) is 19.0 Å². The highest BCUT2D eigenvalue weighted by Crippen LogP contribution is 2.23. The molecular formula is C14H21N5O2. The Hall–Kier alpha value is -1.73. The fourth-order valence-electron chi connectivity index (χ4n) is 2.75. The molecule has 1 aliphatic heterocycles. The van der Waals surface area contributed by atoms with E-state index >= 15 is 0 Å². The van der Waals surface area contributed by atoms with Crippen molar-refractivity contribution in [1.82, 2.24) is 24.8 Å². The van der Waals surface area contributed by atoms with Gasteiger partial charge in [0.1, 0.15) is 0 Å². The Bertz CT molecular complexity index is 631. The van der Waals surface area contributed by atoms with Gasteiger partial charge in [0.25, 0.3) is 0 Å². The first-order valence-electron chi connectivity index (χ1n) is 7.27. The highest BCUT2D eigenvalue weighted by molar-refractivity contribution is 5.28. The summed E-state index contributed by atoms with van der Waals surface area (Å²) < 4.78 is 7.12. The van der Waals surface area contributed by atoms with Gasteiger partial charge in [-0.25, -0.2) is 0 Å². The van der Waals surface area contributed by atoms with Crippen molar-refractivity contribution in [3.05, 3.63) is 28.7 Å². The van der Waals surface area contributed by atoms with Gasteiger partial charge < -0.3 is 9.63 Å². The van der Waals surface area contributed by atoms with Gasteiger partial charge >= 0.3 is 0 Å². The van der Waals surface area contributed by atoms with E-state index in [0.29, 0.717) is 12.4 Å². The minimum absolute atomic E-state index is 0.0171. The van der Waals surface area contributed by atoms with Crippen LogP contribution >= 0.6 is 0 Å². The molecule has 7 heteroatoms. The Morgan fingerprint density at radius 3 is 2.86 bits per heavy atom. The fraction of sp³-hybridized carbons (Fsp3) is 0.643. The molecule has 2 aromatic heterocycles. The minimum atomic E-state index is -0.0171. The predicted octanol–water partition coefficient (Wildman–Crippen LogP) is 0.977. The van der Waals surface area contributed by atoms with Crippen LogP contribution in [0, 0.1) is 0 Å². The SMILES string of the molecule is CC(C)c1nc(CN2CCc3c(c(CO)nn3C)C2)no1. The van der Waals surface area contributed by atoms with E-state index in [1.54, 1.807) is 0 Å². The van der Waals surface area contributed by atoms with Gasteiger partial charge in [0.2, 0.25) is 5.89 Å². The number of hydrogen-bond donors (Lipinski definition) is 1. The molecule has 0 unspecified atom stereocenters. The van der Waals surface area contributed by atoms with Crippen molar-refractivity contribution in [1.29, 1.82) is 0 Å². The zero-order chi connectivity index (χ0) is 15.0. The van der Waals surface area contributed by atoms with Gasteiger partial charge in [-0.15, -0.1) is 0 Å². The van der Waals surface area contributed by atoms with Gasteiger partial charge in [-0.2, -0.15) is 10.1 Å². The minimum Gasteiger partial charge on any atom is -0.390 e. The third kappa shape index (κ3) is 2.71. The number of fused-ring (bicyclic) bond motifs is 1. The maximum atomic E-state index is 9.41. The lowest BCUT2D eigenvalue weighted by Gasteiger charge is -2.26. The molecule has 0 spiro atoms. The van der Waals surface area contributed by atoms with Crippen LogP contribution in [0.1, 0.15) is 48.4 Å². The van der Waals surface area contributed by atoms with E-state index in [2.05, 4.69) is 20.1 Å². The number of aromatic nitrogens is 4. The number of aliphatic hydroxyl groups is 1. The van der Waals surface area contributed by atoms with Crippen LogP contribution in [0.2, 0.25) is 0 Å². The average molecular weight is 291 g/mol. The second-order valence-corrected chi connectivity index (χ2v) is 5.82. The summed E-state index contributed by atoms with van der Waals surface area (Å²) in [6.45, 7) is 6.42. The maximum Gasteiger partial charge on any atom is 0.229 e. The highest BCUT2D eigenvalue weighted by atomic mass is 16.5. The van der Waals surface area contributed by atoms with Crippen molar-refractivity contribution in [3.63, 3.8) is 0 Å². The number of aliphatic hydroxyl groups excluding tert-OH is 1. The van der Waals surface area contributed by atoms with Crippen LogP contribution in [0.15, 0.2) is 4.52 Å². The van der Waals surface area contributed by atoms with Crippen LogP contribution in [0.3, 0.4) is 0 Å². The first kappa shape index (κ1) is 14.2. The quantitative estimate of drug-likeness (QED) is 0.904. The summed E-state index contributed by atoms with van der Waals surface area (Å²) in [6.07, 6.45) is 0.924. The zero-order valence-corrected chi connectivity index (χ0v) is 12.7. The van der Waals surface area contributed by atoms with Crippen LogP contribution in [0.5, 0.6) is 0 Å². The molecule has 0 aliphatic carbocycles. The molecule has 0 aromatic carbocycles. The Labute approximate surface area is 123 Å². The topological polar surface area (TPSA) is 80.2 Å². The first-order chi connectivity index (χ1) is 10.1. The van der Waals surface area contributed by atoms with Crippen LogP contribution in [0.4, 0.5) is 0 Å². The van der Waals surface area contributed by atoms with Crippen molar-refractivity contribution < 1.29 is 9.63 Å². The van der Waals surface area contributed by atoms with Gasteiger partial charge in [-0.3, -0.25) is 9.58 Å². The van der Waals surface area contributed by atoms with Gasteiger partial charge in [0.15, 0.2) is 5.82 Å². The van der Waals surface area contributed by atoms with Gasteiger partial charge in [0.05, 0.1) is 18.8 Å². The lowest BCUT2D eigenvalue weighted by atomic mass is 10.1. The number of hydrogen-bond acceptors (Lipinski definition) is 6. The molecule has 0 bridgehead atoms. The molecule has 21 heavy (non-hydrogen) atoms. The van der Waals surface area contributed by atoms with Gasteiger partial charge in [0, 0.05) is 43.7 Å². The van der Waals surface area contributed by atoms with Crippen molar-refractivity contribution in [2.75, 3.05) is 6.54 Å². The standard InChI is InChI=1S/C14H21N5O2/c1-9(2)14-15-13(17-21-14)7-19-5-4-12-10(6-19)11(8-20)16-18(12)3/h9,20H,4-8H2,1-3H3. The third-order valence-electron chi connectivity index (χ3n) is 3.90. The summed E-state index contributed by atoms with van der Waals surface area (Å²) in [4.78, 5) is 6.68. The molecule has 0 fully saturated rings. The van der Waals surface area contributed by atoms with E-state index < -0.39 is 0 Å². The zero-order valence-electron chi connectivity index (χ0n) is 12.7. The van der Waals surface area contributed by atoms with Crippen molar-refractivity contribution >= 4 is 0 Å². The average Bonchev–Trinajstić information content (AvgIpc) is 3.04. The monoisotopic (exact) mass is 291 g/mol. The Morgan fingerprint density at radius 2 is 2.19 bits per heavy atom. The predicted molar refractivity (Wildman–Crippen MR) is 75.3 cm³/mol. The Kier molecular flexibility index (Phi) is 3.77. The number of rotatable bonds is 4. The molecule has 2 aromatic rings. The van der Waals surface area contributed by atoms with Crippen LogP contribution in [-0.2, 0) is 33.2 Å². The van der Waals surface area contributed by atoms with Crippen LogP contribution in [0.25, 0.3) is 0 Å². The largest absolute Gasteiger partial charge is 0.390 e. The van der Waals surface area contributed by atoms with Crippen LogP contribution < -0.4 is 0 Å². The highest BCUT2D eigenvalue weighted by Gasteiger charge is 2.24. The second-order valence-electron chi connectivity index (χ2n) is 5.82. The molecule has 3 heterocycles. The molecule has 1 aliphatic rings. The maximum absolute atomic E-state index is 9.41. The normalized spacial score (nSPS) is 15.7. The second kappa shape index (κ2) is 5.57. The molecular weight excluding hydrogens is 270 g/mol. The van der Waals surface area contributed by atoms with Crippen LogP contribution in [-0.4, -0.2) is 36.5 Å². The molecule has 7 nitrogen and oxygen atoms in total. The summed E-state index contributed by atoms with van der Waals surface area (Å²) in [5.41, 5.74) is 3.12. The van der Waals surface area contributed by atoms with Crippen molar-refractivity contribution in [3.8, 4) is 0 Å². The summed E-state index contributed by atoms with van der Waals surface area (Å²) in [7, 11) is 1.93. The lowest BCUT2D eigenvalue weighted by molar-refractivity contribution is 0.228. The molecule has 0 saturated carbocycles. The molecule has 114 valence electrons. The van der Waals surface area contributed by atoms with E-state index in [1.807, 2.05) is 25.6 Å². The Balaban J connectivity index is 1.73. The molecule has 3 rings (SSSR count). The summed E-state index contributed by atoms with van der Waals surface area (Å²) >= 11 is 0. The number of nitrogens with zero attached hydrogens (tertiary/aromatic N) is 5. The van der Waals surface area contributed by atoms with Crippen molar-refractivity contribution in [2.24, 2.45) is 7.05 Å². The lowest BCUT2D eigenvalue weighted by Crippen LogP contribution is -2.31. The van der Waals surface area contributed by atoms with Gasteiger partial charge in [-0.05, 0) is 0 Å². The summed E-state index contributed by atoms with van der Waals surface area (Å²) in [6, 6.07) is 0. The molecule has 0 amide bonds.